The van der Waals surface area contributed by atoms with E-state index in [0.29, 0.717) is 24.2 Å². The van der Waals surface area contributed by atoms with Crippen LogP contribution < -0.4 is 5.32 Å². The monoisotopic (exact) mass is 326 g/mol. The zero-order valence-electron chi connectivity index (χ0n) is 12.8. The lowest BCUT2D eigenvalue weighted by atomic mass is 10.1. The van der Waals surface area contributed by atoms with Crippen LogP contribution in [0.4, 0.5) is 10.1 Å². The van der Waals surface area contributed by atoms with Gasteiger partial charge in [-0.15, -0.1) is 0 Å². The van der Waals surface area contributed by atoms with Crippen molar-refractivity contribution in [1.82, 2.24) is 14.9 Å². The molecule has 2 aromatic rings. The third kappa shape index (κ3) is 2.24. The molecule has 1 aromatic carbocycles. The van der Waals surface area contributed by atoms with Crippen LogP contribution in [0.25, 0.3) is 0 Å². The molecule has 2 atom stereocenters. The van der Waals surface area contributed by atoms with Crippen molar-refractivity contribution in [2.45, 2.75) is 18.4 Å². The molecule has 4 rings (SSSR count). The highest BCUT2D eigenvalue weighted by molar-refractivity contribution is 6.06. The van der Waals surface area contributed by atoms with Crippen LogP contribution in [0.15, 0.2) is 43.0 Å². The highest BCUT2D eigenvalue weighted by atomic mass is 19.1. The number of hydrogen-bond acceptors (Lipinski definition) is 4. The van der Waals surface area contributed by atoms with Gasteiger partial charge in [-0.3, -0.25) is 9.59 Å². The van der Waals surface area contributed by atoms with Crippen LogP contribution in [0.1, 0.15) is 23.2 Å². The molecule has 0 bridgehead atoms. The fourth-order valence-electron chi connectivity index (χ4n) is 3.53. The van der Waals surface area contributed by atoms with Crippen LogP contribution in [0.2, 0.25) is 0 Å². The van der Waals surface area contributed by atoms with E-state index in [2.05, 4.69) is 15.3 Å². The van der Waals surface area contributed by atoms with Crippen molar-refractivity contribution in [3.05, 3.63) is 54.4 Å². The summed E-state index contributed by atoms with van der Waals surface area (Å²) in [7, 11) is 0. The Balaban J connectivity index is 1.57. The van der Waals surface area contributed by atoms with Crippen LogP contribution >= 0.6 is 0 Å². The van der Waals surface area contributed by atoms with Gasteiger partial charge in [-0.2, -0.15) is 0 Å². The van der Waals surface area contributed by atoms with Crippen molar-refractivity contribution < 1.29 is 14.0 Å². The quantitative estimate of drug-likeness (QED) is 0.934. The highest BCUT2D eigenvalue weighted by Gasteiger charge is 2.68. The van der Waals surface area contributed by atoms with Gasteiger partial charge in [-0.1, -0.05) is 6.07 Å². The summed E-state index contributed by atoms with van der Waals surface area (Å²) < 4.78 is 13.3. The van der Waals surface area contributed by atoms with E-state index in [4.69, 9.17) is 0 Å². The van der Waals surface area contributed by atoms with Crippen LogP contribution in [-0.4, -0.2) is 38.8 Å². The number of hydrogen-bond donors (Lipinski definition) is 1. The van der Waals surface area contributed by atoms with Gasteiger partial charge in [0.25, 0.3) is 11.8 Å². The lowest BCUT2D eigenvalue weighted by molar-refractivity contribution is -0.121. The van der Waals surface area contributed by atoms with E-state index in [1.54, 1.807) is 11.0 Å². The molecule has 2 amide bonds. The van der Waals surface area contributed by atoms with E-state index < -0.39 is 11.4 Å². The van der Waals surface area contributed by atoms with Gasteiger partial charge in [0.15, 0.2) is 0 Å². The zero-order chi connectivity index (χ0) is 16.7. The molecule has 7 heteroatoms. The fourth-order valence-corrected chi connectivity index (χ4v) is 3.53. The first-order valence-corrected chi connectivity index (χ1v) is 7.75. The third-order valence-electron chi connectivity index (χ3n) is 4.78. The number of fused-ring (bicyclic) bond motifs is 1. The van der Waals surface area contributed by atoms with E-state index in [0.717, 1.165) is 6.42 Å². The number of halogens is 1. The standard InChI is InChI=1S/C17H15FN4O2/c18-13-2-1-3-14(6-13)21-16(24)17-7-12(17)4-5-22(17)15(23)11-8-19-10-20-9-11/h1-3,6,8-10,12H,4-5,7H2,(H,21,24). The van der Waals surface area contributed by atoms with Gasteiger partial charge >= 0.3 is 0 Å². The summed E-state index contributed by atoms with van der Waals surface area (Å²) in [4.78, 5) is 34.8. The molecule has 0 radical (unpaired) electrons. The topological polar surface area (TPSA) is 75.2 Å². The number of nitrogens with zero attached hydrogens (tertiary/aromatic N) is 3. The van der Waals surface area contributed by atoms with Gasteiger partial charge in [0.05, 0.1) is 5.56 Å². The van der Waals surface area contributed by atoms with Crippen LogP contribution in [0.3, 0.4) is 0 Å². The number of aromatic nitrogens is 2. The van der Waals surface area contributed by atoms with Gasteiger partial charge in [0.1, 0.15) is 17.7 Å². The fraction of sp³-hybridized carbons (Fsp3) is 0.294. The van der Waals surface area contributed by atoms with Crippen molar-refractivity contribution in [3.8, 4) is 0 Å². The SMILES string of the molecule is O=C(c1cncnc1)N1CCC2CC21C(=O)Nc1cccc(F)c1. The van der Waals surface area contributed by atoms with Crippen molar-refractivity contribution in [2.24, 2.45) is 5.92 Å². The van der Waals surface area contributed by atoms with Crippen LogP contribution in [-0.2, 0) is 4.79 Å². The Kier molecular flexibility index (Phi) is 3.30. The molecule has 1 aliphatic carbocycles. The molecule has 2 unspecified atom stereocenters. The average Bonchev–Trinajstić information content (AvgIpc) is 3.21. The second-order valence-corrected chi connectivity index (χ2v) is 6.16. The molecule has 0 spiro atoms. The summed E-state index contributed by atoms with van der Waals surface area (Å²) in [5.41, 5.74) is -0.0791. The molecular weight excluding hydrogens is 311 g/mol. The predicted molar refractivity (Wildman–Crippen MR) is 83.6 cm³/mol. The summed E-state index contributed by atoms with van der Waals surface area (Å²) >= 11 is 0. The number of rotatable bonds is 3. The van der Waals surface area contributed by atoms with Gasteiger partial charge < -0.3 is 10.2 Å². The van der Waals surface area contributed by atoms with Crippen molar-refractivity contribution in [1.29, 1.82) is 0 Å². The molecule has 1 aliphatic heterocycles. The molecular formula is C17H15FN4O2. The molecule has 1 saturated carbocycles. The van der Waals surface area contributed by atoms with Gasteiger partial charge in [0, 0.05) is 24.6 Å². The number of carbonyl (C=O) groups is 2. The summed E-state index contributed by atoms with van der Waals surface area (Å²) in [6.45, 7) is 0.523. The Morgan fingerprint density at radius 3 is 2.79 bits per heavy atom. The molecule has 6 nitrogen and oxygen atoms in total. The van der Waals surface area contributed by atoms with E-state index in [9.17, 15) is 14.0 Å². The molecule has 24 heavy (non-hydrogen) atoms. The maximum atomic E-state index is 13.3. The van der Waals surface area contributed by atoms with Crippen LogP contribution in [0.5, 0.6) is 0 Å². The number of likely N-dealkylation sites (tertiary alicyclic amines) is 1. The molecule has 2 aliphatic rings. The minimum Gasteiger partial charge on any atom is -0.324 e. The molecule has 122 valence electrons. The second-order valence-electron chi connectivity index (χ2n) is 6.16. The van der Waals surface area contributed by atoms with E-state index in [1.165, 1.54) is 36.9 Å². The number of piperidine rings is 1. The van der Waals surface area contributed by atoms with Crippen molar-refractivity contribution in [2.75, 3.05) is 11.9 Å². The Morgan fingerprint density at radius 1 is 1.29 bits per heavy atom. The number of nitrogens with one attached hydrogen (secondary N) is 1. The first-order chi connectivity index (χ1) is 11.6. The first kappa shape index (κ1) is 14.7. The Morgan fingerprint density at radius 2 is 2.08 bits per heavy atom. The number of anilines is 1. The minimum atomic E-state index is -0.834. The summed E-state index contributed by atoms with van der Waals surface area (Å²) in [6, 6.07) is 5.74. The van der Waals surface area contributed by atoms with Gasteiger partial charge in [0.2, 0.25) is 0 Å². The molecule has 1 saturated heterocycles. The second kappa shape index (κ2) is 5.36. The maximum Gasteiger partial charge on any atom is 0.257 e. The Bertz CT molecular complexity index is 813. The number of benzene rings is 1. The average molecular weight is 326 g/mol. The molecule has 2 fully saturated rings. The summed E-state index contributed by atoms with van der Waals surface area (Å²) in [5.74, 6) is -0.774. The number of carbonyl (C=O) groups excluding carboxylic acids is 2. The van der Waals surface area contributed by atoms with E-state index >= 15 is 0 Å². The van der Waals surface area contributed by atoms with E-state index in [1.807, 2.05) is 0 Å². The minimum absolute atomic E-state index is 0.152. The zero-order valence-corrected chi connectivity index (χ0v) is 12.8. The smallest absolute Gasteiger partial charge is 0.257 e. The van der Waals surface area contributed by atoms with E-state index in [-0.39, 0.29) is 17.7 Å². The first-order valence-electron chi connectivity index (χ1n) is 7.75. The number of amides is 2. The maximum absolute atomic E-state index is 13.3. The van der Waals surface area contributed by atoms with Gasteiger partial charge in [-0.05, 0) is 37.0 Å². The van der Waals surface area contributed by atoms with Gasteiger partial charge in [-0.25, -0.2) is 14.4 Å². The molecule has 2 heterocycles. The normalized spacial score (nSPS) is 24.4. The summed E-state index contributed by atoms with van der Waals surface area (Å²) in [6.07, 6.45) is 5.67. The lowest BCUT2D eigenvalue weighted by Gasteiger charge is -2.27. The van der Waals surface area contributed by atoms with Crippen molar-refractivity contribution in [3.63, 3.8) is 0 Å². The predicted octanol–water partition coefficient (Wildman–Crippen LogP) is 1.86. The lowest BCUT2D eigenvalue weighted by Crippen LogP contribution is -2.48. The Hall–Kier alpha value is -2.83. The molecule has 1 N–H and O–H groups in total. The van der Waals surface area contributed by atoms with Crippen molar-refractivity contribution >= 4 is 17.5 Å². The third-order valence-corrected chi connectivity index (χ3v) is 4.78. The Labute approximate surface area is 137 Å². The van der Waals surface area contributed by atoms with Crippen LogP contribution in [0, 0.1) is 11.7 Å². The largest absolute Gasteiger partial charge is 0.324 e. The summed E-state index contributed by atoms with van der Waals surface area (Å²) in [5, 5.41) is 2.74. The highest BCUT2D eigenvalue weighted by Crippen LogP contribution is 2.56. The molecule has 1 aromatic heterocycles.